The fraction of sp³-hybridized carbons (Fsp3) is 0.346. The van der Waals surface area contributed by atoms with Crippen molar-refractivity contribution in [3.05, 3.63) is 59.6 Å². The summed E-state index contributed by atoms with van der Waals surface area (Å²) < 4.78 is 8.50. The number of aromatic nitrogens is 5. The molecular weight excluding hydrogens is 510 g/mol. The van der Waals surface area contributed by atoms with Gasteiger partial charge in [0.25, 0.3) is 5.91 Å². The number of likely N-dealkylation sites (N-methyl/N-ethyl adjacent to an activating group) is 1. The predicted octanol–water partition coefficient (Wildman–Crippen LogP) is 3.13. The maximum absolute atomic E-state index is 13.3. The molecule has 1 aliphatic rings. The van der Waals surface area contributed by atoms with Gasteiger partial charge in [0, 0.05) is 48.2 Å². The third-order valence-corrected chi connectivity index (χ3v) is 7.23. The van der Waals surface area contributed by atoms with Gasteiger partial charge in [-0.3, -0.25) is 14.3 Å². The number of aliphatic hydroxyl groups is 1. The zero-order valence-corrected chi connectivity index (χ0v) is 21.9. The van der Waals surface area contributed by atoms with Crippen molar-refractivity contribution in [3.63, 3.8) is 0 Å². The van der Waals surface area contributed by atoms with E-state index in [0.717, 1.165) is 19.3 Å². The van der Waals surface area contributed by atoms with E-state index >= 15 is 0 Å². The molecule has 0 spiro atoms. The number of ether oxygens (including phenoxy) is 1. The second kappa shape index (κ2) is 10.4. The zero-order valence-electron chi connectivity index (χ0n) is 21.1. The second-order valence-corrected chi connectivity index (χ2v) is 10.0. The zero-order chi connectivity index (χ0) is 26.9. The first-order chi connectivity index (χ1) is 18.3. The normalized spacial score (nSPS) is 14.2. The Morgan fingerprint density at radius 3 is 2.84 bits per heavy atom. The highest BCUT2D eigenvalue weighted by Crippen LogP contribution is 2.41. The van der Waals surface area contributed by atoms with Crippen molar-refractivity contribution in [2.24, 2.45) is 5.41 Å². The molecule has 38 heavy (non-hydrogen) atoms. The molecule has 198 valence electrons. The molecule has 3 heterocycles. The fourth-order valence-corrected chi connectivity index (χ4v) is 4.90. The minimum Gasteiger partial charge on any atom is -0.496 e. The Morgan fingerprint density at radius 1 is 1.32 bits per heavy atom. The maximum Gasteiger partial charge on any atom is 0.261 e. The Bertz CT molecular complexity index is 1490. The van der Waals surface area contributed by atoms with E-state index in [1.54, 1.807) is 54.8 Å². The lowest BCUT2D eigenvalue weighted by atomic mass is 9.69. The minimum atomic E-state index is -0.432. The van der Waals surface area contributed by atoms with Crippen LogP contribution < -0.4 is 10.1 Å². The van der Waals surface area contributed by atoms with Gasteiger partial charge in [0.1, 0.15) is 23.6 Å². The Kier molecular flexibility index (Phi) is 7.04. The van der Waals surface area contributed by atoms with Crippen LogP contribution in [0.2, 0.25) is 5.02 Å². The van der Waals surface area contributed by atoms with E-state index in [0.29, 0.717) is 39.9 Å². The highest BCUT2D eigenvalue weighted by atomic mass is 35.5. The molecule has 0 aliphatic heterocycles. The van der Waals surface area contributed by atoms with Crippen LogP contribution in [0.1, 0.15) is 29.6 Å². The third kappa shape index (κ3) is 4.94. The Labute approximate surface area is 224 Å². The lowest BCUT2D eigenvalue weighted by Crippen LogP contribution is -2.46. The number of methoxy groups -OCH3 is 1. The van der Waals surface area contributed by atoms with E-state index in [9.17, 15) is 14.7 Å². The number of halogens is 1. The molecule has 1 fully saturated rings. The lowest BCUT2D eigenvalue weighted by molar-refractivity contribution is -0.133. The number of rotatable bonds is 9. The Hall–Kier alpha value is -3.96. The molecule has 1 aromatic carbocycles. The fourth-order valence-electron chi connectivity index (χ4n) is 4.73. The number of carbonyl (C=O) groups is 2. The Morgan fingerprint density at radius 2 is 2.13 bits per heavy atom. The van der Waals surface area contributed by atoms with E-state index in [-0.39, 0.29) is 30.0 Å². The van der Waals surface area contributed by atoms with Gasteiger partial charge in [-0.2, -0.15) is 10.2 Å². The lowest BCUT2D eigenvalue weighted by Gasteiger charge is -2.42. The SMILES string of the molecule is COc1ccc(Cl)cc1-c1nn(CC(=O)N(C)CC2(CO)CCC2)cc1NC(=O)c1cnn2cccnc12. The van der Waals surface area contributed by atoms with Crippen LogP contribution in [-0.2, 0) is 11.3 Å². The molecule has 12 heteroatoms. The average molecular weight is 538 g/mol. The number of hydrogen-bond donors (Lipinski definition) is 2. The van der Waals surface area contributed by atoms with Crippen molar-refractivity contribution in [2.45, 2.75) is 25.8 Å². The number of amides is 2. The summed E-state index contributed by atoms with van der Waals surface area (Å²) in [5, 5.41) is 22.0. The quantitative estimate of drug-likeness (QED) is 0.336. The summed E-state index contributed by atoms with van der Waals surface area (Å²) in [6, 6.07) is 6.81. The van der Waals surface area contributed by atoms with Crippen LogP contribution in [-0.4, -0.2) is 73.5 Å². The molecule has 1 saturated carbocycles. The van der Waals surface area contributed by atoms with Crippen molar-refractivity contribution in [3.8, 4) is 17.0 Å². The topological polar surface area (TPSA) is 127 Å². The van der Waals surface area contributed by atoms with E-state index in [2.05, 4.69) is 20.5 Å². The number of fused-ring (bicyclic) bond motifs is 1. The van der Waals surface area contributed by atoms with Crippen molar-refractivity contribution in [1.82, 2.24) is 29.3 Å². The number of hydrogen-bond acceptors (Lipinski definition) is 7. The van der Waals surface area contributed by atoms with Crippen LogP contribution in [0.5, 0.6) is 5.75 Å². The molecular formula is C26H28ClN7O4. The van der Waals surface area contributed by atoms with Gasteiger partial charge in [-0.15, -0.1) is 0 Å². The third-order valence-electron chi connectivity index (χ3n) is 7.00. The number of benzene rings is 1. The monoisotopic (exact) mass is 537 g/mol. The van der Waals surface area contributed by atoms with E-state index < -0.39 is 5.91 Å². The predicted molar refractivity (Wildman–Crippen MR) is 141 cm³/mol. The molecule has 0 saturated heterocycles. The molecule has 0 atom stereocenters. The number of aliphatic hydroxyl groups excluding tert-OH is 1. The average Bonchev–Trinajstić information content (AvgIpc) is 3.50. The molecule has 1 aliphatic carbocycles. The van der Waals surface area contributed by atoms with Gasteiger partial charge < -0.3 is 20.1 Å². The highest BCUT2D eigenvalue weighted by Gasteiger charge is 2.38. The van der Waals surface area contributed by atoms with Gasteiger partial charge in [-0.25, -0.2) is 9.50 Å². The molecule has 11 nitrogen and oxygen atoms in total. The number of carbonyl (C=O) groups excluding carboxylic acids is 2. The van der Waals surface area contributed by atoms with Crippen molar-refractivity contribution < 1.29 is 19.4 Å². The maximum atomic E-state index is 13.3. The molecule has 2 amide bonds. The molecule has 0 radical (unpaired) electrons. The van der Waals surface area contributed by atoms with Crippen LogP contribution >= 0.6 is 11.6 Å². The summed E-state index contributed by atoms with van der Waals surface area (Å²) in [5.41, 5.74) is 1.78. The highest BCUT2D eigenvalue weighted by molar-refractivity contribution is 6.31. The molecule has 4 aromatic rings. The van der Waals surface area contributed by atoms with Crippen molar-refractivity contribution in [1.29, 1.82) is 0 Å². The number of nitrogens with zero attached hydrogens (tertiary/aromatic N) is 6. The van der Waals surface area contributed by atoms with Crippen LogP contribution in [0.4, 0.5) is 5.69 Å². The summed E-state index contributed by atoms with van der Waals surface area (Å²) in [5.74, 6) is -0.0912. The molecule has 0 unspecified atom stereocenters. The minimum absolute atomic E-state index is 0.0535. The largest absolute Gasteiger partial charge is 0.496 e. The summed E-state index contributed by atoms with van der Waals surface area (Å²) in [6.07, 6.45) is 9.18. The summed E-state index contributed by atoms with van der Waals surface area (Å²) >= 11 is 6.28. The number of anilines is 1. The van der Waals surface area contributed by atoms with Gasteiger partial charge in [-0.1, -0.05) is 18.0 Å². The van der Waals surface area contributed by atoms with Crippen LogP contribution in [0.3, 0.4) is 0 Å². The standard InChI is InChI=1S/C26H28ClN7O4/c1-32(15-26(16-35)7-3-8-26)22(36)14-33-13-20(23(31-33)18-11-17(27)5-6-21(18)38-2)30-25(37)19-12-29-34-10-4-9-28-24(19)34/h4-6,9-13,35H,3,7-8,14-16H2,1-2H3,(H,30,37). The van der Waals surface area contributed by atoms with Crippen molar-refractivity contribution >= 4 is 34.7 Å². The summed E-state index contributed by atoms with van der Waals surface area (Å²) in [7, 11) is 3.26. The van der Waals surface area contributed by atoms with Gasteiger partial charge in [0.2, 0.25) is 5.91 Å². The second-order valence-electron chi connectivity index (χ2n) is 9.60. The van der Waals surface area contributed by atoms with Crippen LogP contribution in [0, 0.1) is 5.41 Å². The molecule has 2 N–H and O–H groups in total. The first-order valence-electron chi connectivity index (χ1n) is 12.2. The summed E-state index contributed by atoms with van der Waals surface area (Å²) in [6.45, 7) is 0.478. The van der Waals surface area contributed by atoms with Gasteiger partial charge in [0.15, 0.2) is 5.65 Å². The van der Waals surface area contributed by atoms with E-state index in [4.69, 9.17) is 16.3 Å². The van der Waals surface area contributed by atoms with Gasteiger partial charge >= 0.3 is 0 Å². The van der Waals surface area contributed by atoms with Crippen molar-refractivity contribution in [2.75, 3.05) is 32.6 Å². The number of nitrogens with one attached hydrogen (secondary N) is 1. The van der Waals surface area contributed by atoms with Gasteiger partial charge in [-0.05, 0) is 37.1 Å². The van der Waals surface area contributed by atoms with Crippen LogP contribution in [0.25, 0.3) is 16.9 Å². The van der Waals surface area contributed by atoms with E-state index in [1.807, 2.05) is 0 Å². The van der Waals surface area contributed by atoms with Crippen LogP contribution in [0.15, 0.2) is 49.1 Å². The first kappa shape index (κ1) is 25.7. The molecule has 5 rings (SSSR count). The van der Waals surface area contributed by atoms with Gasteiger partial charge in [0.05, 0.1) is 25.6 Å². The smallest absolute Gasteiger partial charge is 0.261 e. The Balaban J connectivity index is 1.45. The molecule has 3 aromatic heterocycles. The molecule has 0 bridgehead atoms. The first-order valence-corrected chi connectivity index (χ1v) is 12.6. The summed E-state index contributed by atoms with van der Waals surface area (Å²) in [4.78, 5) is 32.2. The van der Waals surface area contributed by atoms with E-state index in [1.165, 1.54) is 22.5 Å².